The van der Waals surface area contributed by atoms with Crippen molar-refractivity contribution in [2.24, 2.45) is 0 Å². The van der Waals surface area contributed by atoms with Crippen molar-refractivity contribution in [1.29, 1.82) is 0 Å². The first-order valence-corrected chi connectivity index (χ1v) is 7.61. The molecule has 8 nitrogen and oxygen atoms in total. The van der Waals surface area contributed by atoms with E-state index in [9.17, 15) is 26.4 Å². The molecule has 0 aromatic carbocycles. The smallest absolute Gasteiger partial charge is 0.395 e. The zero-order chi connectivity index (χ0) is 16.3. The van der Waals surface area contributed by atoms with E-state index in [-0.39, 0.29) is 9.44 Å². The molecule has 0 aliphatic heterocycles. The monoisotopic (exact) mass is 348 g/mol. The molecule has 120 valence electrons. The lowest BCUT2D eigenvalue weighted by Crippen LogP contribution is -2.40. The Morgan fingerprint density at radius 1 is 1.43 bits per heavy atom. The Balaban J connectivity index is 3.05. The highest BCUT2D eigenvalue weighted by molar-refractivity contribution is 7.91. The molecule has 0 aliphatic rings. The van der Waals surface area contributed by atoms with Crippen LogP contribution in [0.5, 0.6) is 0 Å². The van der Waals surface area contributed by atoms with Crippen molar-refractivity contribution in [2.45, 2.75) is 17.4 Å². The third-order valence-corrected chi connectivity index (χ3v) is 4.98. The van der Waals surface area contributed by atoms with Gasteiger partial charge in [-0.3, -0.25) is 4.79 Å². The quantitative estimate of drug-likeness (QED) is 0.702. The molecule has 1 amide bonds. The Kier molecular flexibility index (Phi) is 5.61. The van der Waals surface area contributed by atoms with Gasteiger partial charge < -0.3 is 10.4 Å². The molecule has 21 heavy (non-hydrogen) atoms. The molecule has 0 aliphatic carbocycles. The largest absolute Gasteiger partial charge is 0.402 e. The summed E-state index contributed by atoms with van der Waals surface area (Å²) < 4.78 is 60.5. The number of hydrogen-bond acceptors (Lipinski definition) is 7. The average Bonchev–Trinajstić information content (AvgIpc) is 2.74. The van der Waals surface area contributed by atoms with Crippen LogP contribution in [0.2, 0.25) is 0 Å². The van der Waals surface area contributed by atoms with Crippen LogP contribution < -0.4 is 5.32 Å². The lowest BCUT2D eigenvalue weighted by Gasteiger charge is -2.20. The van der Waals surface area contributed by atoms with Gasteiger partial charge in [-0.15, -0.1) is 10.2 Å². The second-order valence-corrected chi connectivity index (χ2v) is 6.82. The fourth-order valence-corrected chi connectivity index (χ4v) is 3.72. The maximum atomic E-state index is 12.4. The number of anilines is 1. The van der Waals surface area contributed by atoms with E-state index in [1.54, 1.807) is 0 Å². The van der Waals surface area contributed by atoms with Crippen LogP contribution in [0.15, 0.2) is 4.34 Å². The van der Waals surface area contributed by atoms with Crippen LogP contribution >= 0.6 is 11.3 Å². The van der Waals surface area contributed by atoms with E-state index in [0.717, 1.165) is 6.92 Å². The summed E-state index contributed by atoms with van der Waals surface area (Å²) in [6.07, 6.45) is -4.77. The number of carbonyl (C=O) groups is 1. The predicted octanol–water partition coefficient (Wildman–Crippen LogP) is 0.0418. The first-order chi connectivity index (χ1) is 9.56. The molecule has 1 heterocycles. The minimum atomic E-state index is -4.77. The lowest BCUT2D eigenvalue weighted by molar-refractivity contribution is -0.136. The first-order valence-electron chi connectivity index (χ1n) is 5.35. The maximum absolute atomic E-state index is 12.4. The van der Waals surface area contributed by atoms with Gasteiger partial charge in [0.25, 0.3) is 10.0 Å². The zero-order valence-corrected chi connectivity index (χ0v) is 12.2. The van der Waals surface area contributed by atoms with Gasteiger partial charge in [0.1, 0.15) is 6.54 Å². The lowest BCUT2D eigenvalue weighted by atomic mass is 10.6. The number of aromatic nitrogens is 2. The third kappa shape index (κ3) is 5.18. The summed E-state index contributed by atoms with van der Waals surface area (Å²) in [5.74, 6) is -0.530. The number of carbonyl (C=O) groups excluding carboxylic acids is 1. The number of amides is 1. The molecule has 0 bridgehead atoms. The Bertz CT molecular complexity index is 601. The van der Waals surface area contributed by atoms with Crippen molar-refractivity contribution in [2.75, 3.05) is 25.0 Å². The number of halogens is 3. The number of hydrogen-bond donors (Lipinski definition) is 2. The molecule has 0 saturated heterocycles. The van der Waals surface area contributed by atoms with Crippen molar-refractivity contribution in [3.63, 3.8) is 0 Å². The highest BCUT2D eigenvalue weighted by Crippen LogP contribution is 2.26. The van der Waals surface area contributed by atoms with Gasteiger partial charge in [0.2, 0.25) is 15.4 Å². The summed E-state index contributed by atoms with van der Waals surface area (Å²) in [4.78, 5) is 10.8. The summed E-state index contributed by atoms with van der Waals surface area (Å²) >= 11 is 0.416. The van der Waals surface area contributed by atoms with E-state index >= 15 is 0 Å². The van der Waals surface area contributed by atoms with Crippen molar-refractivity contribution < 1.29 is 31.5 Å². The van der Waals surface area contributed by atoms with Crippen molar-refractivity contribution in [3.05, 3.63) is 0 Å². The van der Waals surface area contributed by atoms with Gasteiger partial charge in [-0.05, 0) is 0 Å². The topological polar surface area (TPSA) is 112 Å². The van der Waals surface area contributed by atoms with Gasteiger partial charge in [-0.1, -0.05) is 11.3 Å². The molecular weight excluding hydrogens is 337 g/mol. The number of alkyl halides is 3. The van der Waals surface area contributed by atoms with Crippen LogP contribution in [0.3, 0.4) is 0 Å². The number of rotatable bonds is 6. The standard InChI is InChI=1S/C8H11F3N4O4S2/c1-5(17)12-6-13-14-7(20-6)21(18,19)15(2-3-16)4-8(9,10)11/h16H,2-4H2,1H3,(H,12,13,17). The molecule has 1 aromatic heterocycles. The van der Waals surface area contributed by atoms with Crippen LogP contribution in [0.1, 0.15) is 6.92 Å². The van der Waals surface area contributed by atoms with E-state index in [2.05, 4.69) is 15.5 Å². The fraction of sp³-hybridized carbons (Fsp3) is 0.625. The van der Waals surface area contributed by atoms with E-state index in [0.29, 0.717) is 11.3 Å². The highest BCUT2D eigenvalue weighted by Gasteiger charge is 2.38. The van der Waals surface area contributed by atoms with Crippen LogP contribution in [0.25, 0.3) is 0 Å². The summed E-state index contributed by atoms with van der Waals surface area (Å²) in [7, 11) is -4.56. The summed E-state index contributed by atoms with van der Waals surface area (Å²) in [6.45, 7) is -2.13. The molecule has 0 spiro atoms. The Morgan fingerprint density at radius 2 is 2.05 bits per heavy atom. The van der Waals surface area contributed by atoms with Gasteiger partial charge >= 0.3 is 6.18 Å². The van der Waals surface area contributed by atoms with E-state index in [1.807, 2.05) is 0 Å². The minimum Gasteiger partial charge on any atom is -0.395 e. The molecule has 0 saturated carbocycles. The number of aliphatic hydroxyl groups is 1. The molecule has 13 heteroatoms. The first kappa shape index (κ1) is 17.7. The Hall–Kier alpha value is -1.31. The molecular formula is C8H11F3N4O4S2. The SMILES string of the molecule is CC(=O)Nc1nnc(S(=O)(=O)N(CCO)CC(F)(F)F)s1. The molecule has 0 atom stereocenters. The van der Waals surface area contributed by atoms with Crippen LogP contribution in [0, 0.1) is 0 Å². The molecule has 1 aromatic rings. The van der Waals surface area contributed by atoms with E-state index in [1.165, 1.54) is 0 Å². The van der Waals surface area contributed by atoms with Gasteiger partial charge in [-0.25, -0.2) is 8.42 Å². The van der Waals surface area contributed by atoms with Crippen molar-refractivity contribution >= 4 is 32.4 Å². The van der Waals surface area contributed by atoms with Gasteiger partial charge in [0.05, 0.1) is 6.61 Å². The number of nitrogens with one attached hydrogen (secondary N) is 1. The minimum absolute atomic E-state index is 0.0467. The second kappa shape index (κ2) is 6.64. The second-order valence-electron chi connectivity index (χ2n) is 3.73. The number of aliphatic hydroxyl groups excluding tert-OH is 1. The van der Waals surface area contributed by atoms with Gasteiger partial charge in [0.15, 0.2) is 0 Å². The molecule has 2 N–H and O–H groups in total. The average molecular weight is 348 g/mol. The number of sulfonamides is 1. The van der Waals surface area contributed by atoms with E-state index < -0.39 is 46.1 Å². The van der Waals surface area contributed by atoms with E-state index in [4.69, 9.17) is 5.11 Å². The van der Waals surface area contributed by atoms with Crippen LogP contribution in [-0.4, -0.2) is 59.8 Å². The molecule has 0 fully saturated rings. The third-order valence-electron chi connectivity index (χ3n) is 1.96. The van der Waals surface area contributed by atoms with Gasteiger partial charge in [0, 0.05) is 13.5 Å². The summed E-state index contributed by atoms with van der Waals surface area (Å²) in [5, 5.41) is 17.3. The normalized spacial score (nSPS) is 12.7. The maximum Gasteiger partial charge on any atom is 0.402 e. The highest BCUT2D eigenvalue weighted by atomic mass is 32.2. The van der Waals surface area contributed by atoms with Crippen LogP contribution in [0.4, 0.5) is 18.3 Å². The summed E-state index contributed by atoms with van der Waals surface area (Å²) in [5.41, 5.74) is 0. The molecule has 0 radical (unpaired) electrons. The summed E-state index contributed by atoms with van der Waals surface area (Å²) in [6, 6.07) is 0. The van der Waals surface area contributed by atoms with Crippen LogP contribution in [-0.2, 0) is 14.8 Å². The molecule has 1 rings (SSSR count). The zero-order valence-electron chi connectivity index (χ0n) is 10.6. The van der Waals surface area contributed by atoms with Crippen molar-refractivity contribution in [1.82, 2.24) is 14.5 Å². The Morgan fingerprint density at radius 3 is 2.52 bits per heavy atom. The number of nitrogens with zero attached hydrogens (tertiary/aromatic N) is 3. The van der Waals surface area contributed by atoms with Gasteiger partial charge in [-0.2, -0.15) is 17.5 Å². The van der Waals surface area contributed by atoms with Crippen molar-refractivity contribution in [3.8, 4) is 0 Å². The predicted molar refractivity (Wildman–Crippen MR) is 66.1 cm³/mol. The Labute approximate surface area is 121 Å². The fourth-order valence-electron chi connectivity index (χ4n) is 1.22. The molecule has 0 unspecified atom stereocenters.